The van der Waals surface area contributed by atoms with Gasteiger partial charge in [0.15, 0.2) is 0 Å². The summed E-state index contributed by atoms with van der Waals surface area (Å²) in [6.45, 7) is 0.748. The Morgan fingerprint density at radius 1 is 1.30 bits per heavy atom. The zero-order chi connectivity index (χ0) is 14.2. The third-order valence-corrected chi connectivity index (χ3v) is 3.69. The van der Waals surface area contributed by atoms with Gasteiger partial charge in [-0.25, -0.2) is 0 Å². The van der Waals surface area contributed by atoms with Crippen LogP contribution in [0.15, 0.2) is 24.3 Å². The molecule has 0 spiro atoms. The molecule has 0 amide bonds. The third kappa shape index (κ3) is 4.52. The fourth-order valence-corrected chi connectivity index (χ4v) is 2.54. The van der Waals surface area contributed by atoms with Crippen molar-refractivity contribution in [3.8, 4) is 11.8 Å². The lowest BCUT2D eigenvalue weighted by atomic mass is 9.95. The van der Waals surface area contributed by atoms with E-state index in [4.69, 9.17) is 10.00 Å². The molecule has 0 aromatic heterocycles. The van der Waals surface area contributed by atoms with Crippen LogP contribution in [0.25, 0.3) is 0 Å². The molecule has 4 heteroatoms. The highest BCUT2D eigenvalue weighted by Crippen LogP contribution is 2.18. The monoisotopic (exact) mass is 274 g/mol. The maximum atomic E-state index is 9.93. The average molecular weight is 274 g/mol. The van der Waals surface area contributed by atoms with Crippen molar-refractivity contribution in [2.24, 2.45) is 0 Å². The van der Waals surface area contributed by atoms with Gasteiger partial charge in [-0.15, -0.1) is 0 Å². The second-order valence-electron chi connectivity index (χ2n) is 5.32. The van der Waals surface area contributed by atoms with Crippen molar-refractivity contribution in [3.05, 3.63) is 29.8 Å². The summed E-state index contributed by atoms with van der Waals surface area (Å²) in [6, 6.07) is 9.69. The highest BCUT2D eigenvalue weighted by Gasteiger charge is 2.14. The third-order valence-electron chi connectivity index (χ3n) is 3.69. The van der Waals surface area contributed by atoms with Crippen molar-refractivity contribution in [1.82, 2.24) is 5.32 Å². The van der Waals surface area contributed by atoms with E-state index in [1.54, 1.807) is 18.2 Å². The molecule has 0 heterocycles. The first-order valence-corrected chi connectivity index (χ1v) is 7.33. The fourth-order valence-electron chi connectivity index (χ4n) is 2.54. The number of nitrogens with one attached hydrogen (secondary N) is 1. The van der Waals surface area contributed by atoms with Gasteiger partial charge in [-0.3, -0.25) is 0 Å². The van der Waals surface area contributed by atoms with Gasteiger partial charge < -0.3 is 15.2 Å². The minimum atomic E-state index is -0.552. The van der Waals surface area contributed by atoms with E-state index in [1.807, 2.05) is 6.07 Å². The van der Waals surface area contributed by atoms with E-state index in [1.165, 1.54) is 32.1 Å². The molecular formula is C16H22N2O2. The predicted octanol–water partition coefficient (Wildman–Crippen LogP) is 2.22. The van der Waals surface area contributed by atoms with Crippen LogP contribution in [0, 0.1) is 11.3 Å². The molecule has 1 aliphatic rings. The minimum Gasteiger partial charge on any atom is -0.489 e. The van der Waals surface area contributed by atoms with E-state index >= 15 is 0 Å². The van der Waals surface area contributed by atoms with Crippen molar-refractivity contribution < 1.29 is 9.84 Å². The highest BCUT2D eigenvalue weighted by atomic mass is 16.5. The lowest BCUT2D eigenvalue weighted by molar-refractivity contribution is 0.102. The molecule has 1 aliphatic carbocycles. The number of nitrogens with zero attached hydrogens (tertiary/aromatic N) is 1. The first-order chi connectivity index (χ1) is 9.79. The number of hydrogen-bond donors (Lipinski definition) is 2. The first-order valence-electron chi connectivity index (χ1n) is 7.33. The fraction of sp³-hybridized carbons (Fsp3) is 0.562. The normalized spacial score (nSPS) is 17.4. The summed E-state index contributed by atoms with van der Waals surface area (Å²) in [7, 11) is 0. The number of aliphatic hydroxyl groups is 1. The van der Waals surface area contributed by atoms with Gasteiger partial charge in [0.1, 0.15) is 24.5 Å². The number of hydrogen-bond acceptors (Lipinski definition) is 4. The molecular weight excluding hydrogens is 252 g/mol. The molecule has 1 atom stereocenters. The maximum Gasteiger partial charge on any atom is 0.137 e. The molecule has 2 N–H and O–H groups in total. The molecule has 20 heavy (non-hydrogen) atoms. The quantitative estimate of drug-likeness (QED) is 0.835. The molecule has 108 valence electrons. The lowest BCUT2D eigenvalue weighted by Crippen LogP contribution is -2.39. The Labute approximate surface area is 120 Å². The van der Waals surface area contributed by atoms with Crippen molar-refractivity contribution in [1.29, 1.82) is 5.26 Å². The van der Waals surface area contributed by atoms with E-state index in [2.05, 4.69) is 11.4 Å². The van der Waals surface area contributed by atoms with Gasteiger partial charge in [0.2, 0.25) is 0 Å². The Kier molecular flexibility index (Phi) is 5.85. The largest absolute Gasteiger partial charge is 0.489 e. The van der Waals surface area contributed by atoms with E-state index < -0.39 is 6.10 Å². The molecule has 2 rings (SSSR count). The molecule has 1 aromatic carbocycles. The zero-order valence-electron chi connectivity index (χ0n) is 11.7. The summed E-state index contributed by atoms with van der Waals surface area (Å²) in [4.78, 5) is 0. The van der Waals surface area contributed by atoms with Crippen LogP contribution < -0.4 is 10.1 Å². The zero-order valence-corrected chi connectivity index (χ0v) is 11.7. The van der Waals surface area contributed by atoms with Crippen LogP contribution in [0.2, 0.25) is 0 Å². The summed E-state index contributed by atoms with van der Waals surface area (Å²) in [5, 5.41) is 22.3. The van der Waals surface area contributed by atoms with Crippen molar-refractivity contribution >= 4 is 0 Å². The second kappa shape index (κ2) is 7.88. The number of para-hydroxylation sites is 1. The molecule has 0 saturated heterocycles. The molecule has 0 radical (unpaired) electrons. The van der Waals surface area contributed by atoms with E-state index in [-0.39, 0.29) is 6.61 Å². The number of nitriles is 1. The first kappa shape index (κ1) is 14.8. The van der Waals surface area contributed by atoms with Crippen molar-refractivity contribution in [3.63, 3.8) is 0 Å². The van der Waals surface area contributed by atoms with Crippen LogP contribution in [0.4, 0.5) is 0 Å². The predicted molar refractivity (Wildman–Crippen MR) is 77.5 cm³/mol. The van der Waals surface area contributed by atoms with Gasteiger partial charge in [-0.2, -0.15) is 5.26 Å². The molecule has 1 saturated carbocycles. The molecule has 4 nitrogen and oxygen atoms in total. The summed E-state index contributed by atoms with van der Waals surface area (Å²) in [5.74, 6) is 0.534. The van der Waals surface area contributed by atoms with Gasteiger partial charge in [0.25, 0.3) is 0 Å². The second-order valence-corrected chi connectivity index (χ2v) is 5.32. The van der Waals surface area contributed by atoms with Gasteiger partial charge in [-0.05, 0) is 25.0 Å². The van der Waals surface area contributed by atoms with Gasteiger partial charge in [0.05, 0.1) is 5.56 Å². The van der Waals surface area contributed by atoms with E-state index in [9.17, 15) is 5.11 Å². The van der Waals surface area contributed by atoms with Gasteiger partial charge in [-0.1, -0.05) is 31.4 Å². The highest BCUT2D eigenvalue weighted by molar-refractivity contribution is 5.42. The Bertz CT molecular complexity index is 450. The SMILES string of the molecule is N#Cc1ccccc1OCC(O)CNC1CCCCC1. The van der Waals surface area contributed by atoms with Crippen LogP contribution in [-0.4, -0.2) is 30.4 Å². The smallest absolute Gasteiger partial charge is 0.137 e. The average Bonchev–Trinajstić information content (AvgIpc) is 2.52. The number of rotatable bonds is 6. The molecule has 0 aliphatic heterocycles. The molecule has 1 unspecified atom stereocenters. The standard InChI is InChI=1S/C16H22N2O2/c17-10-13-6-4-5-9-16(13)20-12-15(19)11-18-14-7-2-1-3-8-14/h4-6,9,14-15,18-19H,1-3,7-8,11-12H2. The van der Waals surface area contributed by atoms with Crippen LogP contribution in [0.5, 0.6) is 5.75 Å². The summed E-state index contributed by atoms with van der Waals surface area (Å²) >= 11 is 0. The van der Waals surface area contributed by atoms with Gasteiger partial charge in [0, 0.05) is 12.6 Å². The Morgan fingerprint density at radius 2 is 2.05 bits per heavy atom. The van der Waals surface area contributed by atoms with Crippen LogP contribution in [-0.2, 0) is 0 Å². The topological polar surface area (TPSA) is 65.3 Å². The van der Waals surface area contributed by atoms with Crippen molar-refractivity contribution in [2.45, 2.75) is 44.2 Å². The van der Waals surface area contributed by atoms with Crippen molar-refractivity contribution in [2.75, 3.05) is 13.2 Å². The molecule has 1 fully saturated rings. The van der Waals surface area contributed by atoms with E-state index in [0.717, 1.165) is 0 Å². The van der Waals surface area contributed by atoms with Crippen LogP contribution in [0.3, 0.4) is 0 Å². The molecule has 0 bridgehead atoms. The van der Waals surface area contributed by atoms with Crippen LogP contribution in [0.1, 0.15) is 37.7 Å². The number of ether oxygens (including phenoxy) is 1. The van der Waals surface area contributed by atoms with Crippen LogP contribution >= 0.6 is 0 Å². The summed E-state index contributed by atoms with van der Waals surface area (Å²) < 4.78 is 5.52. The molecule has 1 aromatic rings. The van der Waals surface area contributed by atoms with Gasteiger partial charge >= 0.3 is 0 Å². The summed E-state index contributed by atoms with van der Waals surface area (Å²) in [6.07, 6.45) is 5.73. The minimum absolute atomic E-state index is 0.207. The number of aliphatic hydroxyl groups excluding tert-OH is 1. The summed E-state index contributed by atoms with van der Waals surface area (Å²) in [5.41, 5.74) is 0.500. The Balaban J connectivity index is 1.72. The van der Waals surface area contributed by atoms with E-state index in [0.29, 0.717) is 23.9 Å². The Hall–Kier alpha value is -1.57. The Morgan fingerprint density at radius 3 is 2.80 bits per heavy atom. The number of benzene rings is 1. The maximum absolute atomic E-state index is 9.93. The lowest BCUT2D eigenvalue weighted by Gasteiger charge is -2.24.